The maximum atomic E-state index is 10.4. The molecule has 0 aliphatic rings. The molecular formula is C11H14O3. The minimum absolute atomic E-state index is 0.411. The number of ether oxygens (including phenoxy) is 2. The second-order valence-electron chi connectivity index (χ2n) is 2.99. The van der Waals surface area contributed by atoms with Gasteiger partial charge < -0.3 is 14.3 Å². The van der Waals surface area contributed by atoms with Gasteiger partial charge in [-0.25, -0.2) is 0 Å². The van der Waals surface area contributed by atoms with Crippen LogP contribution in [0.5, 0.6) is 5.75 Å². The number of carbonyl (C=O) groups is 1. The van der Waals surface area contributed by atoms with Crippen molar-refractivity contribution < 1.29 is 14.3 Å². The monoisotopic (exact) mass is 194 g/mol. The van der Waals surface area contributed by atoms with Crippen LogP contribution in [0.3, 0.4) is 0 Å². The molecule has 0 unspecified atom stereocenters. The van der Waals surface area contributed by atoms with E-state index >= 15 is 0 Å². The van der Waals surface area contributed by atoms with Crippen molar-refractivity contribution in [2.45, 2.75) is 13.0 Å². The molecule has 1 aromatic carbocycles. The molecule has 0 aliphatic heterocycles. The zero-order valence-electron chi connectivity index (χ0n) is 8.45. The first kappa shape index (κ1) is 10.7. The smallest absolute Gasteiger partial charge is 0.124 e. The molecule has 0 fully saturated rings. The average Bonchev–Trinajstić information content (AvgIpc) is 2.18. The van der Waals surface area contributed by atoms with E-state index in [1.54, 1.807) is 14.2 Å². The van der Waals surface area contributed by atoms with Crippen molar-refractivity contribution in [2.75, 3.05) is 14.2 Å². The first-order valence-corrected chi connectivity index (χ1v) is 4.39. The fraction of sp³-hybridized carbons (Fsp3) is 0.364. The largest absolute Gasteiger partial charge is 0.497 e. The molecule has 0 aromatic heterocycles. The number of benzene rings is 1. The molecule has 0 bridgehead atoms. The van der Waals surface area contributed by atoms with Crippen LogP contribution in [0.2, 0.25) is 0 Å². The van der Waals surface area contributed by atoms with Crippen molar-refractivity contribution in [2.24, 2.45) is 0 Å². The van der Waals surface area contributed by atoms with E-state index in [1.807, 2.05) is 18.2 Å². The van der Waals surface area contributed by atoms with Gasteiger partial charge >= 0.3 is 0 Å². The summed E-state index contributed by atoms with van der Waals surface area (Å²) in [6, 6.07) is 5.70. The molecule has 0 saturated carbocycles. The van der Waals surface area contributed by atoms with Crippen LogP contribution >= 0.6 is 0 Å². The summed E-state index contributed by atoms with van der Waals surface area (Å²) < 4.78 is 10.1. The Morgan fingerprint density at radius 1 is 1.21 bits per heavy atom. The highest BCUT2D eigenvalue weighted by atomic mass is 16.5. The van der Waals surface area contributed by atoms with E-state index in [1.165, 1.54) is 0 Å². The molecule has 0 atom stereocenters. The molecule has 0 radical (unpaired) electrons. The Hall–Kier alpha value is -1.35. The summed E-state index contributed by atoms with van der Waals surface area (Å²) in [6.07, 6.45) is 1.29. The predicted molar refractivity (Wildman–Crippen MR) is 53.5 cm³/mol. The van der Waals surface area contributed by atoms with Gasteiger partial charge in [0.2, 0.25) is 0 Å². The normalized spacial score (nSPS) is 9.86. The number of rotatable bonds is 5. The Bertz CT molecular complexity index is 307. The summed E-state index contributed by atoms with van der Waals surface area (Å²) in [7, 11) is 3.25. The number of hydrogen-bond donors (Lipinski definition) is 0. The molecule has 0 spiro atoms. The standard InChI is InChI=1S/C11H14O3/c1-13-8-10-5-9(3-4-12)6-11(7-10)14-2/h4-7H,3,8H2,1-2H3. The predicted octanol–water partition coefficient (Wildman–Crippen LogP) is 1.58. The SMILES string of the molecule is COCc1cc(CC=O)cc(OC)c1. The van der Waals surface area contributed by atoms with Crippen LogP contribution in [-0.4, -0.2) is 20.5 Å². The van der Waals surface area contributed by atoms with Crippen LogP contribution in [0, 0.1) is 0 Å². The number of aldehydes is 1. The molecule has 1 aromatic rings. The average molecular weight is 194 g/mol. The third-order valence-corrected chi connectivity index (χ3v) is 1.89. The van der Waals surface area contributed by atoms with Gasteiger partial charge in [-0.2, -0.15) is 0 Å². The third-order valence-electron chi connectivity index (χ3n) is 1.89. The van der Waals surface area contributed by atoms with Crippen LogP contribution in [0.4, 0.5) is 0 Å². The van der Waals surface area contributed by atoms with E-state index in [0.717, 1.165) is 23.2 Å². The van der Waals surface area contributed by atoms with Crippen molar-refractivity contribution in [3.8, 4) is 5.75 Å². The first-order chi connectivity index (χ1) is 6.80. The van der Waals surface area contributed by atoms with Gasteiger partial charge in [-0.1, -0.05) is 6.07 Å². The highest BCUT2D eigenvalue weighted by Crippen LogP contribution is 2.17. The molecule has 0 aliphatic carbocycles. The zero-order chi connectivity index (χ0) is 10.4. The van der Waals surface area contributed by atoms with Crippen molar-refractivity contribution in [3.63, 3.8) is 0 Å². The second kappa shape index (κ2) is 5.40. The summed E-state index contributed by atoms with van der Waals surface area (Å²) in [5.41, 5.74) is 1.97. The Morgan fingerprint density at radius 3 is 2.50 bits per heavy atom. The van der Waals surface area contributed by atoms with E-state index in [-0.39, 0.29) is 0 Å². The second-order valence-corrected chi connectivity index (χ2v) is 2.99. The molecule has 76 valence electrons. The van der Waals surface area contributed by atoms with Crippen LogP contribution in [0.1, 0.15) is 11.1 Å². The number of hydrogen-bond acceptors (Lipinski definition) is 3. The quantitative estimate of drug-likeness (QED) is 0.667. The van der Waals surface area contributed by atoms with Gasteiger partial charge in [-0.05, 0) is 23.3 Å². The third kappa shape index (κ3) is 2.85. The summed E-state index contributed by atoms with van der Waals surface area (Å²) in [6.45, 7) is 0.531. The van der Waals surface area contributed by atoms with Crippen LogP contribution in [-0.2, 0) is 22.6 Å². The fourth-order valence-electron chi connectivity index (χ4n) is 1.31. The van der Waals surface area contributed by atoms with Gasteiger partial charge in [-0.3, -0.25) is 0 Å². The molecular weight excluding hydrogens is 180 g/mol. The van der Waals surface area contributed by atoms with Gasteiger partial charge in [0.1, 0.15) is 12.0 Å². The first-order valence-electron chi connectivity index (χ1n) is 4.39. The summed E-state index contributed by atoms with van der Waals surface area (Å²) >= 11 is 0. The van der Waals surface area contributed by atoms with Crippen molar-refractivity contribution in [1.29, 1.82) is 0 Å². The molecule has 0 heterocycles. The Labute approximate surface area is 83.6 Å². The maximum absolute atomic E-state index is 10.4. The van der Waals surface area contributed by atoms with Crippen LogP contribution in [0.15, 0.2) is 18.2 Å². The Morgan fingerprint density at radius 2 is 1.93 bits per heavy atom. The molecule has 0 saturated heterocycles. The zero-order valence-corrected chi connectivity index (χ0v) is 8.45. The van der Waals surface area contributed by atoms with E-state index in [2.05, 4.69) is 0 Å². The lowest BCUT2D eigenvalue weighted by Crippen LogP contribution is -1.94. The number of carbonyl (C=O) groups excluding carboxylic acids is 1. The lowest BCUT2D eigenvalue weighted by atomic mass is 10.1. The summed E-state index contributed by atoms with van der Waals surface area (Å²) in [4.78, 5) is 10.4. The van der Waals surface area contributed by atoms with Crippen LogP contribution in [0.25, 0.3) is 0 Å². The molecule has 1 rings (SSSR count). The molecule has 3 nitrogen and oxygen atoms in total. The minimum Gasteiger partial charge on any atom is -0.497 e. The van der Waals surface area contributed by atoms with E-state index in [9.17, 15) is 4.79 Å². The maximum Gasteiger partial charge on any atom is 0.124 e. The summed E-state index contributed by atoms with van der Waals surface area (Å²) in [5.74, 6) is 0.761. The molecule has 0 amide bonds. The lowest BCUT2D eigenvalue weighted by Gasteiger charge is -2.06. The van der Waals surface area contributed by atoms with Crippen molar-refractivity contribution in [3.05, 3.63) is 29.3 Å². The van der Waals surface area contributed by atoms with E-state index < -0.39 is 0 Å². The van der Waals surface area contributed by atoms with Crippen LogP contribution < -0.4 is 4.74 Å². The highest BCUT2D eigenvalue weighted by molar-refractivity contribution is 5.56. The van der Waals surface area contributed by atoms with E-state index in [4.69, 9.17) is 9.47 Å². The molecule has 3 heteroatoms. The Balaban J connectivity index is 2.93. The van der Waals surface area contributed by atoms with E-state index in [0.29, 0.717) is 13.0 Å². The topological polar surface area (TPSA) is 35.5 Å². The summed E-state index contributed by atoms with van der Waals surface area (Å²) in [5, 5.41) is 0. The van der Waals surface area contributed by atoms with Crippen molar-refractivity contribution >= 4 is 6.29 Å². The molecule has 14 heavy (non-hydrogen) atoms. The van der Waals surface area contributed by atoms with Gasteiger partial charge in [-0.15, -0.1) is 0 Å². The van der Waals surface area contributed by atoms with Crippen molar-refractivity contribution in [1.82, 2.24) is 0 Å². The molecule has 0 N–H and O–H groups in total. The lowest BCUT2D eigenvalue weighted by molar-refractivity contribution is -0.107. The Kier molecular flexibility index (Phi) is 4.13. The van der Waals surface area contributed by atoms with Gasteiger partial charge in [0, 0.05) is 13.5 Å². The van der Waals surface area contributed by atoms with Gasteiger partial charge in [0.05, 0.1) is 13.7 Å². The minimum atomic E-state index is 0.411. The van der Waals surface area contributed by atoms with Gasteiger partial charge in [0.15, 0.2) is 0 Å². The van der Waals surface area contributed by atoms with Gasteiger partial charge in [0.25, 0.3) is 0 Å². The highest BCUT2D eigenvalue weighted by Gasteiger charge is 2.00. The number of methoxy groups -OCH3 is 2. The fourth-order valence-corrected chi connectivity index (χ4v) is 1.31.